The van der Waals surface area contributed by atoms with Crippen LogP contribution in [0.4, 0.5) is 69.8 Å². The standard InChI is InChI=1S/C40H34N16O6/c1-61-33-19-11-29(12-20-33)45-37-47-35(43-27-7-15-31(16-8-27)55(57)58)49-39(51-37)53-41-23-25-3-5-26(6-4-25)24-42-54-40-50-36(44-28-9-17-32(18-10-28)56(59)60)48-38(52-40)46-30-13-21-34(62-2)22-14-30/h3-24H,1-2H3,(H3,43,45,47,49,51,53)(H3,44,46,48,50,52,54)/b41-23-,42-24-. The van der Waals surface area contributed by atoms with E-state index in [1.807, 2.05) is 24.3 Å². The van der Waals surface area contributed by atoms with Crippen molar-refractivity contribution in [2.75, 3.05) is 46.3 Å². The molecule has 310 valence electrons. The van der Waals surface area contributed by atoms with Gasteiger partial charge in [-0.15, -0.1) is 0 Å². The molecule has 0 fully saturated rings. The van der Waals surface area contributed by atoms with E-state index in [2.05, 4.69) is 72.2 Å². The van der Waals surface area contributed by atoms with Crippen molar-refractivity contribution in [2.24, 2.45) is 10.2 Å². The van der Waals surface area contributed by atoms with Crippen LogP contribution in [0.15, 0.2) is 132 Å². The number of methoxy groups -OCH3 is 2. The van der Waals surface area contributed by atoms with E-state index >= 15 is 0 Å². The molecule has 0 unspecified atom stereocenters. The van der Waals surface area contributed by atoms with Gasteiger partial charge in [0.05, 0.1) is 36.5 Å². The van der Waals surface area contributed by atoms with Crippen LogP contribution < -0.4 is 41.6 Å². The minimum absolute atomic E-state index is 0.0546. The van der Waals surface area contributed by atoms with Crippen molar-refractivity contribution in [1.29, 1.82) is 0 Å². The van der Waals surface area contributed by atoms with Gasteiger partial charge in [-0.2, -0.15) is 40.1 Å². The Bertz CT molecular complexity index is 2520. The third-order valence-corrected chi connectivity index (χ3v) is 8.32. The molecule has 0 radical (unpaired) electrons. The number of hydrazone groups is 2. The normalized spacial score (nSPS) is 10.9. The highest BCUT2D eigenvalue weighted by Gasteiger charge is 2.12. The molecule has 5 aromatic carbocycles. The summed E-state index contributed by atoms with van der Waals surface area (Å²) in [5, 5.41) is 43.1. The quantitative estimate of drug-likeness (QED) is 0.0274. The highest BCUT2D eigenvalue weighted by molar-refractivity contribution is 5.84. The summed E-state index contributed by atoms with van der Waals surface area (Å²) in [5.74, 6) is 2.28. The predicted molar refractivity (Wildman–Crippen MR) is 234 cm³/mol. The topological polar surface area (TPSA) is 279 Å². The molecular weight excluding hydrogens is 801 g/mol. The van der Waals surface area contributed by atoms with Crippen molar-refractivity contribution >= 4 is 82.2 Å². The smallest absolute Gasteiger partial charge is 0.269 e. The van der Waals surface area contributed by atoms with Crippen LogP contribution in [0.1, 0.15) is 11.1 Å². The van der Waals surface area contributed by atoms with E-state index in [0.29, 0.717) is 34.2 Å². The zero-order chi connectivity index (χ0) is 43.3. The van der Waals surface area contributed by atoms with Crippen LogP contribution in [-0.2, 0) is 0 Å². The molecule has 62 heavy (non-hydrogen) atoms. The highest BCUT2D eigenvalue weighted by Crippen LogP contribution is 2.24. The number of non-ortho nitro benzene ring substituents is 2. The van der Waals surface area contributed by atoms with Gasteiger partial charge in [-0.05, 0) is 83.9 Å². The molecule has 0 bridgehead atoms. The highest BCUT2D eigenvalue weighted by atomic mass is 16.6. The van der Waals surface area contributed by atoms with Gasteiger partial charge in [0.25, 0.3) is 11.4 Å². The van der Waals surface area contributed by atoms with Crippen LogP contribution >= 0.6 is 0 Å². The van der Waals surface area contributed by atoms with Crippen LogP contribution in [0.3, 0.4) is 0 Å². The predicted octanol–water partition coefficient (Wildman–Crippen LogP) is 7.76. The molecule has 0 saturated carbocycles. The SMILES string of the molecule is COc1ccc(Nc2nc(N/N=C\c3ccc(/C=N\Nc4nc(Nc5ccc(OC)cc5)nc(Nc5ccc([N+](=O)[O-])cc5)n4)cc3)nc(Nc3ccc([N+](=O)[O-])cc3)n2)cc1. The Morgan fingerprint density at radius 2 is 0.710 bits per heavy atom. The van der Waals surface area contributed by atoms with Gasteiger partial charge in [-0.25, -0.2) is 10.9 Å². The zero-order valence-electron chi connectivity index (χ0n) is 32.6. The Kier molecular flexibility index (Phi) is 12.8. The van der Waals surface area contributed by atoms with Crippen molar-refractivity contribution in [3.63, 3.8) is 0 Å². The number of nitrogens with zero attached hydrogens (tertiary/aromatic N) is 10. The largest absolute Gasteiger partial charge is 0.497 e. The Balaban J connectivity index is 1.02. The Hall–Kier alpha value is -9.34. The summed E-state index contributed by atoms with van der Waals surface area (Å²) in [7, 11) is 3.15. The van der Waals surface area contributed by atoms with Crippen LogP contribution in [0, 0.1) is 20.2 Å². The monoisotopic (exact) mass is 834 g/mol. The van der Waals surface area contributed by atoms with E-state index < -0.39 is 9.85 Å². The summed E-state index contributed by atoms with van der Waals surface area (Å²) in [6, 6.07) is 33.3. The Morgan fingerprint density at radius 3 is 0.984 bits per heavy atom. The lowest BCUT2D eigenvalue weighted by Crippen LogP contribution is -2.07. The number of rotatable bonds is 18. The lowest BCUT2D eigenvalue weighted by Gasteiger charge is -2.10. The van der Waals surface area contributed by atoms with Gasteiger partial charge >= 0.3 is 0 Å². The van der Waals surface area contributed by atoms with Gasteiger partial charge in [0, 0.05) is 47.0 Å². The summed E-state index contributed by atoms with van der Waals surface area (Å²) in [6.45, 7) is 0. The summed E-state index contributed by atoms with van der Waals surface area (Å²) in [6.07, 6.45) is 3.15. The van der Waals surface area contributed by atoms with E-state index in [1.54, 1.807) is 99.4 Å². The second-order valence-corrected chi connectivity index (χ2v) is 12.6. The fourth-order valence-electron chi connectivity index (χ4n) is 5.27. The third kappa shape index (κ3) is 11.4. The number of aromatic nitrogens is 6. The molecule has 7 rings (SSSR count). The number of nitro groups is 2. The first-order chi connectivity index (χ1) is 30.2. The number of hydrogen-bond donors (Lipinski definition) is 6. The zero-order valence-corrected chi connectivity index (χ0v) is 32.6. The molecule has 22 nitrogen and oxygen atoms in total. The molecule has 0 aliphatic heterocycles. The fourth-order valence-corrected chi connectivity index (χ4v) is 5.27. The van der Waals surface area contributed by atoms with Crippen LogP contribution in [0.2, 0.25) is 0 Å². The van der Waals surface area contributed by atoms with Gasteiger partial charge < -0.3 is 30.7 Å². The second kappa shape index (κ2) is 19.4. The van der Waals surface area contributed by atoms with Crippen LogP contribution in [0.25, 0.3) is 0 Å². The molecule has 22 heteroatoms. The molecule has 0 aliphatic carbocycles. The van der Waals surface area contributed by atoms with E-state index in [4.69, 9.17) is 9.47 Å². The lowest BCUT2D eigenvalue weighted by molar-refractivity contribution is -0.385. The Morgan fingerprint density at radius 1 is 0.435 bits per heavy atom. The summed E-state index contributed by atoms with van der Waals surface area (Å²) in [4.78, 5) is 47.8. The minimum Gasteiger partial charge on any atom is -0.497 e. The van der Waals surface area contributed by atoms with Crippen LogP contribution in [0.5, 0.6) is 11.5 Å². The van der Waals surface area contributed by atoms with Gasteiger partial charge in [0.15, 0.2) is 0 Å². The molecule has 0 spiro atoms. The van der Waals surface area contributed by atoms with Gasteiger partial charge in [0.1, 0.15) is 11.5 Å². The van der Waals surface area contributed by atoms with Crippen molar-refractivity contribution in [2.45, 2.75) is 0 Å². The number of nitrogens with one attached hydrogen (secondary N) is 6. The third-order valence-electron chi connectivity index (χ3n) is 8.32. The number of ether oxygens (including phenoxy) is 2. The summed E-state index contributed by atoms with van der Waals surface area (Å²) in [5.41, 5.74) is 9.44. The van der Waals surface area contributed by atoms with Crippen molar-refractivity contribution in [1.82, 2.24) is 29.9 Å². The average molecular weight is 835 g/mol. The Labute approximate surface area is 351 Å². The molecule has 2 heterocycles. The second-order valence-electron chi connectivity index (χ2n) is 12.6. The van der Waals surface area contributed by atoms with Crippen molar-refractivity contribution in [3.05, 3.63) is 153 Å². The maximum atomic E-state index is 11.1. The lowest BCUT2D eigenvalue weighted by atomic mass is 10.2. The molecule has 6 N–H and O–H groups in total. The maximum Gasteiger partial charge on any atom is 0.269 e. The fraction of sp³-hybridized carbons (Fsp3) is 0.0500. The number of nitro benzene ring substituents is 2. The van der Waals surface area contributed by atoms with Gasteiger partial charge in [-0.1, -0.05) is 24.3 Å². The number of anilines is 10. The first-order valence-corrected chi connectivity index (χ1v) is 18.2. The molecule has 0 saturated heterocycles. The van der Waals surface area contributed by atoms with E-state index in [1.165, 1.54) is 24.3 Å². The van der Waals surface area contributed by atoms with E-state index in [9.17, 15) is 20.2 Å². The first kappa shape index (κ1) is 40.8. The molecular formula is C40H34N16O6. The summed E-state index contributed by atoms with van der Waals surface area (Å²) < 4.78 is 10.5. The number of hydrogen-bond acceptors (Lipinski definition) is 20. The van der Waals surface area contributed by atoms with Crippen molar-refractivity contribution in [3.8, 4) is 11.5 Å². The summed E-state index contributed by atoms with van der Waals surface area (Å²) >= 11 is 0. The molecule has 2 aromatic heterocycles. The maximum absolute atomic E-state index is 11.1. The molecule has 0 amide bonds. The first-order valence-electron chi connectivity index (χ1n) is 18.2. The molecule has 0 aliphatic rings. The average Bonchev–Trinajstić information content (AvgIpc) is 3.28. The molecule has 0 atom stereocenters. The number of benzene rings is 5. The molecule has 7 aromatic rings. The van der Waals surface area contributed by atoms with Gasteiger partial charge in [0.2, 0.25) is 35.7 Å². The minimum atomic E-state index is -0.483. The van der Waals surface area contributed by atoms with Crippen LogP contribution in [-0.4, -0.2) is 66.4 Å². The van der Waals surface area contributed by atoms with E-state index in [-0.39, 0.29) is 47.1 Å². The van der Waals surface area contributed by atoms with E-state index in [0.717, 1.165) is 11.1 Å². The van der Waals surface area contributed by atoms with Gasteiger partial charge in [-0.3, -0.25) is 20.2 Å². The van der Waals surface area contributed by atoms with Crippen molar-refractivity contribution < 1.29 is 19.3 Å².